The first kappa shape index (κ1) is 12.0. The lowest BCUT2D eigenvalue weighted by atomic mass is 10.1. The van der Waals surface area contributed by atoms with Crippen molar-refractivity contribution in [2.24, 2.45) is 0 Å². The van der Waals surface area contributed by atoms with Crippen molar-refractivity contribution >= 4 is 22.5 Å². The Morgan fingerprint density at radius 2 is 2.11 bits per heavy atom. The van der Waals surface area contributed by atoms with Gasteiger partial charge in [-0.1, -0.05) is 0 Å². The van der Waals surface area contributed by atoms with Crippen LogP contribution in [0.2, 0.25) is 0 Å². The van der Waals surface area contributed by atoms with Gasteiger partial charge in [-0.3, -0.25) is 14.9 Å². The van der Waals surface area contributed by atoms with Crippen LogP contribution in [0.3, 0.4) is 0 Å². The van der Waals surface area contributed by atoms with Crippen LogP contribution in [0.4, 0.5) is 11.5 Å². The number of aromatic nitrogens is 2. The number of nitro benzene ring substituents is 1. The Labute approximate surface area is 102 Å². The highest BCUT2D eigenvalue weighted by Gasteiger charge is 2.20. The summed E-state index contributed by atoms with van der Waals surface area (Å²) in [5.41, 5.74) is 1.27. The quantitative estimate of drug-likeness (QED) is 0.619. The van der Waals surface area contributed by atoms with E-state index in [0.29, 0.717) is 11.1 Å². The molecule has 1 aromatic carbocycles. The lowest BCUT2D eigenvalue weighted by Crippen LogP contribution is -2.15. The topological polar surface area (TPSA) is 101 Å². The minimum Gasteiger partial charge on any atom is -0.369 e. The predicted octanol–water partition coefficient (Wildman–Crippen LogP) is 1.49. The first-order valence-corrected chi connectivity index (χ1v) is 5.32. The van der Waals surface area contributed by atoms with E-state index in [1.165, 1.54) is 0 Å². The van der Waals surface area contributed by atoms with Crippen molar-refractivity contribution < 1.29 is 4.92 Å². The molecule has 2 N–H and O–H groups in total. The molecular weight excluding hydrogens is 236 g/mol. The van der Waals surface area contributed by atoms with E-state index in [4.69, 9.17) is 0 Å². The molecule has 0 saturated carbocycles. The van der Waals surface area contributed by atoms with Crippen molar-refractivity contribution in [1.29, 1.82) is 0 Å². The van der Waals surface area contributed by atoms with Gasteiger partial charge in [0.1, 0.15) is 5.52 Å². The third-order valence-corrected chi connectivity index (χ3v) is 2.90. The molecule has 7 nitrogen and oxygen atoms in total. The third-order valence-electron chi connectivity index (χ3n) is 2.90. The fourth-order valence-corrected chi connectivity index (χ4v) is 1.83. The van der Waals surface area contributed by atoms with E-state index in [2.05, 4.69) is 15.3 Å². The van der Waals surface area contributed by atoms with Crippen molar-refractivity contribution in [2.75, 3.05) is 12.4 Å². The van der Waals surface area contributed by atoms with Crippen LogP contribution in [0.5, 0.6) is 0 Å². The average molecular weight is 248 g/mol. The Balaban J connectivity index is 2.97. The molecule has 0 atom stereocenters. The number of H-pyrrole nitrogens is 1. The second-order valence-electron chi connectivity index (χ2n) is 3.98. The van der Waals surface area contributed by atoms with Crippen molar-refractivity contribution in [2.45, 2.75) is 13.8 Å². The lowest BCUT2D eigenvalue weighted by molar-refractivity contribution is -0.383. The van der Waals surface area contributed by atoms with Crippen LogP contribution in [0.1, 0.15) is 11.1 Å². The number of hydrogen-bond donors (Lipinski definition) is 2. The van der Waals surface area contributed by atoms with Crippen LogP contribution in [-0.2, 0) is 0 Å². The largest absolute Gasteiger partial charge is 0.369 e. The number of nitro groups is 1. The summed E-state index contributed by atoms with van der Waals surface area (Å²) < 4.78 is 0. The molecule has 7 heteroatoms. The second-order valence-corrected chi connectivity index (χ2v) is 3.98. The number of nitrogens with one attached hydrogen (secondary N) is 2. The van der Waals surface area contributed by atoms with Crippen LogP contribution in [-0.4, -0.2) is 21.9 Å². The zero-order valence-corrected chi connectivity index (χ0v) is 10.2. The molecule has 0 radical (unpaired) electrons. The van der Waals surface area contributed by atoms with Gasteiger partial charge in [-0.15, -0.1) is 0 Å². The standard InChI is InChI=1S/C11H12N4O3/c1-5-4-7-8(9(6(5)2)15(17)18)14-11(16)10(12-3)13-7/h4H,1-3H3,(H,12,13)(H,14,16). The first-order valence-electron chi connectivity index (χ1n) is 5.32. The summed E-state index contributed by atoms with van der Waals surface area (Å²) >= 11 is 0. The Morgan fingerprint density at radius 3 is 2.67 bits per heavy atom. The smallest absolute Gasteiger partial charge is 0.298 e. The van der Waals surface area contributed by atoms with Crippen LogP contribution in [0, 0.1) is 24.0 Å². The van der Waals surface area contributed by atoms with E-state index >= 15 is 0 Å². The van der Waals surface area contributed by atoms with E-state index in [1.807, 2.05) is 0 Å². The van der Waals surface area contributed by atoms with Crippen molar-refractivity contribution in [1.82, 2.24) is 9.97 Å². The monoisotopic (exact) mass is 248 g/mol. The third kappa shape index (κ3) is 1.69. The highest BCUT2D eigenvalue weighted by molar-refractivity contribution is 5.87. The predicted molar refractivity (Wildman–Crippen MR) is 68.0 cm³/mol. The summed E-state index contributed by atoms with van der Waals surface area (Å²) in [5, 5.41) is 13.7. The van der Waals surface area contributed by atoms with Crippen molar-refractivity contribution in [3.63, 3.8) is 0 Å². The molecule has 0 fully saturated rings. The zero-order valence-electron chi connectivity index (χ0n) is 10.2. The molecule has 0 spiro atoms. The Hall–Kier alpha value is -2.44. The maximum absolute atomic E-state index is 11.6. The lowest BCUT2D eigenvalue weighted by Gasteiger charge is -2.06. The number of hydrogen-bond acceptors (Lipinski definition) is 5. The van der Waals surface area contributed by atoms with Crippen LogP contribution < -0.4 is 10.9 Å². The zero-order chi connectivity index (χ0) is 13.4. The molecule has 0 aliphatic carbocycles. The summed E-state index contributed by atoms with van der Waals surface area (Å²) in [6.45, 7) is 3.42. The molecule has 0 aliphatic heterocycles. The summed E-state index contributed by atoms with van der Waals surface area (Å²) in [6.07, 6.45) is 0. The number of nitrogens with zero attached hydrogens (tertiary/aromatic N) is 2. The highest BCUT2D eigenvalue weighted by Crippen LogP contribution is 2.28. The molecule has 1 aromatic heterocycles. The summed E-state index contributed by atoms with van der Waals surface area (Å²) in [4.78, 5) is 28.8. The van der Waals surface area contributed by atoms with Crippen molar-refractivity contribution in [3.05, 3.63) is 37.7 Å². The fourth-order valence-electron chi connectivity index (χ4n) is 1.83. The maximum Gasteiger partial charge on any atom is 0.298 e. The minimum atomic E-state index is -0.499. The van der Waals surface area contributed by atoms with Gasteiger partial charge in [0.2, 0.25) is 0 Å². The van der Waals surface area contributed by atoms with E-state index in [9.17, 15) is 14.9 Å². The molecule has 0 bridgehead atoms. The van der Waals surface area contributed by atoms with Gasteiger partial charge in [0.05, 0.1) is 10.4 Å². The van der Waals surface area contributed by atoms with Crippen LogP contribution in [0.15, 0.2) is 10.9 Å². The molecule has 0 saturated heterocycles. The molecular formula is C11H12N4O3. The summed E-state index contributed by atoms with van der Waals surface area (Å²) in [7, 11) is 1.57. The number of rotatable bonds is 2. The minimum absolute atomic E-state index is 0.0998. The Morgan fingerprint density at radius 1 is 1.44 bits per heavy atom. The first-order chi connectivity index (χ1) is 8.45. The van der Waals surface area contributed by atoms with E-state index in [-0.39, 0.29) is 17.0 Å². The van der Waals surface area contributed by atoms with Crippen molar-refractivity contribution in [3.8, 4) is 0 Å². The number of fused-ring (bicyclic) bond motifs is 1. The number of benzene rings is 1. The van der Waals surface area contributed by atoms with Gasteiger partial charge in [0, 0.05) is 12.6 Å². The van der Waals surface area contributed by atoms with E-state index in [1.54, 1.807) is 27.0 Å². The van der Waals surface area contributed by atoms with E-state index in [0.717, 1.165) is 5.56 Å². The van der Waals surface area contributed by atoms with Crippen LogP contribution in [0.25, 0.3) is 11.0 Å². The van der Waals surface area contributed by atoms with Gasteiger partial charge in [0.25, 0.3) is 11.2 Å². The average Bonchev–Trinajstić information content (AvgIpc) is 2.30. The van der Waals surface area contributed by atoms with Gasteiger partial charge in [-0.05, 0) is 25.5 Å². The normalized spacial score (nSPS) is 10.6. The van der Waals surface area contributed by atoms with Gasteiger partial charge in [-0.2, -0.15) is 0 Å². The number of anilines is 1. The molecule has 0 aliphatic rings. The molecule has 18 heavy (non-hydrogen) atoms. The molecule has 0 unspecified atom stereocenters. The highest BCUT2D eigenvalue weighted by atomic mass is 16.6. The van der Waals surface area contributed by atoms with Gasteiger partial charge in [-0.25, -0.2) is 4.98 Å². The van der Waals surface area contributed by atoms with Gasteiger partial charge >= 0.3 is 0 Å². The SMILES string of the molecule is CNc1nc2cc(C)c(C)c([N+](=O)[O-])c2[nH]c1=O. The molecule has 0 amide bonds. The molecule has 94 valence electrons. The Bertz CT molecular complexity index is 705. The Kier molecular flexibility index (Phi) is 2.74. The maximum atomic E-state index is 11.6. The van der Waals surface area contributed by atoms with Gasteiger partial charge < -0.3 is 10.3 Å². The summed E-state index contributed by atoms with van der Waals surface area (Å²) in [6, 6.07) is 1.72. The van der Waals surface area contributed by atoms with Crippen LogP contribution >= 0.6 is 0 Å². The second kappa shape index (κ2) is 4.10. The number of aromatic amines is 1. The fraction of sp³-hybridized carbons (Fsp3) is 0.273. The number of aryl methyl sites for hydroxylation is 1. The van der Waals surface area contributed by atoms with Gasteiger partial charge in [0.15, 0.2) is 5.82 Å². The molecule has 2 aromatic rings. The molecule has 1 heterocycles. The molecule has 2 rings (SSSR count). The summed E-state index contributed by atoms with van der Waals surface area (Å²) in [5.74, 6) is 0.139. The van der Waals surface area contributed by atoms with E-state index < -0.39 is 10.5 Å².